The number of ketones is 1. The van der Waals surface area contributed by atoms with E-state index in [1.807, 2.05) is 13.8 Å². The van der Waals surface area contributed by atoms with Gasteiger partial charge < -0.3 is 9.47 Å². The van der Waals surface area contributed by atoms with E-state index in [-0.39, 0.29) is 5.78 Å². The first-order valence-corrected chi connectivity index (χ1v) is 7.02. The first kappa shape index (κ1) is 14.9. The highest BCUT2D eigenvalue weighted by atomic mass is 16.5. The predicted octanol–water partition coefficient (Wildman–Crippen LogP) is 2.76. The summed E-state index contributed by atoms with van der Waals surface area (Å²) in [4.78, 5) is 15.1. The fraction of sp³-hybridized carbons (Fsp3) is 0.562. The van der Waals surface area contributed by atoms with Crippen molar-refractivity contribution in [2.75, 3.05) is 27.3 Å². The molecule has 1 saturated heterocycles. The second-order valence-corrected chi connectivity index (χ2v) is 5.68. The highest BCUT2D eigenvalue weighted by molar-refractivity contribution is 6.03. The Morgan fingerprint density at radius 2 is 1.55 bits per heavy atom. The summed E-state index contributed by atoms with van der Waals surface area (Å²) in [7, 11) is 3.18. The van der Waals surface area contributed by atoms with Gasteiger partial charge in [0, 0.05) is 11.6 Å². The zero-order valence-corrected chi connectivity index (χ0v) is 12.7. The van der Waals surface area contributed by atoms with E-state index in [4.69, 9.17) is 9.47 Å². The summed E-state index contributed by atoms with van der Waals surface area (Å²) >= 11 is 0. The zero-order valence-electron chi connectivity index (χ0n) is 12.7. The van der Waals surface area contributed by atoms with Crippen molar-refractivity contribution in [2.45, 2.75) is 32.2 Å². The van der Waals surface area contributed by atoms with Crippen LogP contribution in [0, 0.1) is 0 Å². The van der Waals surface area contributed by atoms with Gasteiger partial charge in [-0.05, 0) is 51.9 Å². The molecule has 0 saturated carbocycles. The van der Waals surface area contributed by atoms with Crippen molar-refractivity contribution in [3.63, 3.8) is 0 Å². The first-order valence-electron chi connectivity index (χ1n) is 7.02. The lowest BCUT2D eigenvalue weighted by Gasteiger charge is -2.34. The molecule has 1 aromatic rings. The lowest BCUT2D eigenvalue weighted by molar-refractivity contribution is 0.0702. The molecule has 1 aliphatic rings. The maximum Gasteiger partial charge on any atom is 0.182 e. The van der Waals surface area contributed by atoms with Crippen LogP contribution in [-0.2, 0) is 0 Å². The van der Waals surface area contributed by atoms with E-state index < -0.39 is 5.54 Å². The van der Waals surface area contributed by atoms with E-state index in [9.17, 15) is 4.79 Å². The minimum absolute atomic E-state index is 0.108. The van der Waals surface area contributed by atoms with E-state index >= 15 is 0 Å². The predicted molar refractivity (Wildman–Crippen MR) is 78.8 cm³/mol. The largest absolute Gasteiger partial charge is 0.497 e. The molecule has 0 spiro atoms. The Balaban J connectivity index is 2.31. The molecule has 1 aliphatic heterocycles. The van der Waals surface area contributed by atoms with Gasteiger partial charge in [0.05, 0.1) is 19.8 Å². The van der Waals surface area contributed by atoms with Gasteiger partial charge in [0.25, 0.3) is 0 Å². The fourth-order valence-corrected chi connectivity index (χ4v) is 2.71. The molecular formula is C16H23NO3. The summed E-state index contributed by atoms with van der Waals surface area (Å²) in [6.45, 7) is 5.96. The highest BCUT2D eigenvalue weighted by Crippen LogP contribution is 2.29. The standard InChI is InChI=1S/C16H23NO3/c1-16(2,17-7-5-6-8-17)15(18)12-9-13(19-3)11-14(10-12)20-4/h9-11H,5-8H2,1-4H3. The Morgan fingerprint density at radius 1 is 1.05 bits per heavy atom. The summed E-state index contributed by atoms with van der Waals surface area (Å²) in [5.41, 5.74) is 0.145. The second kappa shape index (κ2) is 5.83. The number of benzene rings is 1. The monoisotopic (exact) mass is 277 g/mol. The molecule has 0 amide bonds. The molecule has 0 aromatic heterocycles. The highest BCUT2D eigenvalue weighted by Gasteiger charge is 2.36. The number of rotatable bonds is 5. The van der Waals surface area contributed by atoms with Crippen molar-refractivity contribution in [1.29, 1.82) is 0 Å². The Labute approximate surface area is 120 Å². The van der Waals surface area contributed by atoms with E-state index in [0.29, 0.717) is 17.1 Å². The van der Waals surface area contributed by atoms with Crippen LogP contribution in [0.15, 0.2) is 18.2 Å². The van der Waals surface area contributed by atoms with Crippen LogP contribution in [-0.4, -0.2) is 43.5 Å². The number of carbonyl (C=O) groups is 1. The SMILES string of the molecule is COc1cc(OC)cc(C(=O)C(C)(C)N2CCCC2)c1. The molecule has 0 aliphatic carbocycles. The number of Topliss-reactive ketones (excluding diaryl/α,β-unsaturated/α-hetero) is 1. The number of hydrogen-bond donors (Lipinski definition) is 0. The average Bonchev–Trinajstić information content (AvgIpc) is 3.00. The number of methoxy groups -OCH3 is 2. The summed E-state index contributed by atoms with van der Waals surface area (Å²) in [6.07, 6.45) is 2.33. The van der Waals surface area contributed by atoms with Crippen LogP contribution < -0.4 is 9.47 Å². The molecule has 1 heterocycles. The van der Waals surface area contributed by atoms with Gasteiger partial charge in [-0.1, -0.05) is 0 Å². The lowest BCUT2D eigenvalue weighted by atomic mass is 9.91. The quantitative estimate of drug-likeness (QED) is 0.776. The lowest BCUT2D eigenvalue weighted by Crippen LogP contribution is -2.48. The van der Waals surface area contributed by atoms with Gasteiger partial charge in [0.1, 0.15) is 11.5 Å². The zero-order chi connectivity index (χ0) is 14.8. The van der Waals surface area contributed by atoms with E-state index in [2.05, 4.69) is 4.90 Å². The van der Waals surface area contributed by atoms with Crippen LogP contribution in [0.2, 0.25) is 0 Å². The van der Waals surface area contributed by atoms with Gasteiger partial charge in [-0.2, -0.15) is 0 Å². The summed E-state index contributed by atoms with van der Waals surface area (Å²) in [5.74, 6) is 1.39. The van der Waals surface area contributed by atoms with Gasteiger partial charge in [0.2, 0.25) is 0 Å². The average molecular weight is 277 g/mol. The maximum atomic E-state index is 12.8. The van der Waals surface area contributed by atoms with Crippen molar-refractivity contribution < 1.29 is 14.3 Å². The van der Waals surface area contributed by atoms with Crippen molar-refractivity contribution in [3.05, 3.63) is 23.8 Å². The third kappa shape index (κ3) is 2.80. The van der Waals surface area contributed by atoms with Crippen molar-refractivity contribution in [2.24, 2.45) is 0 Å². The third-order valence-corrected chi connectivity index (χ3v) is 4.07. The summed E-state index contributed by atoms with van der Waals surface area (Å²) in [6, 6.07) is 5.34. The van der Waals surface area contributed by atoms with Gasteiger partial charge in [-0.3, -0.25) is 9.69 Å². The number of ether oxygens (including phenoxy) is 2. The van der Waals surface area contributed by atoms with Gasteiger partial charge in [0.15, 0.2) is 5.78 Å². The van der Waals surface area contributed by atoms with Gasteiger partial charge in [-0.15, -0.1) is 0 Å². The molecule has 2 rings (SSSR count). The Hall–Kier alpha value is -1.55. The summed E-state index contributed by atoms with van der Waals surface area (Å²) in [5, 5.41) is 0. The fourth-order valence-electron chi connectivity index (χ4n) is 2.71. The van der Waals surface area contributed by atoms with Crippen LogP contribution in [0.5, 0.6) is 11.5 Å². The molecule has 0 N–H and O–H groups in total. The van der Waals surface area contributed by atoms with E-state index in [1.165, 1.54) is 0 Å². The smallest absolute Gasteiger partial charge is 0.182 e. The number of nitrogens with zero attached hydrogens (tertiary/aromatic N) is 1. The van der Waals surface area contributed by atoms with E-state index in [1.54, 1.807) is 32.4 Å². The Bertz CT molecular complexity index is 468. The maximum absolute atomic E-state index is 12.8. The van der Waals surface area contributed by atoms with Gasteiger partial charge >= 0.3 is 0 Å². The molecule has 4 heteroatoms. The molecule has 20 heavy (non-hydrogen) atoms. The molecule has 110 valence electrons. The van der Waals surface area contributed by atoms with Crippen LogP contribution in [0.25, 0.3) is 0 Å². The van der Waals surface area contributed by atoms with Gasteiger partial charge in [-0.25, -0.2) is 0 Å². The number of hydrogen-bond acceptors (Lipinski definition) is 4. The number of carbonyl (C=O) groups excluding carboxylic acids is 1. The molecule has 4 nitrogen and oxygen atoms in total. The molecule has 0 atom stereocenters. The molecule has 1 aromatic carbocycles. The number of likely N-dealkylation sites (tertiary alicyclic amines) is 1. The molecule has 0 bridgehead atoms. The molecule has 0 radical (unpaired) electrons. The van der Waals surface area contributed by atoms with Crippen LogP contribution >= 0.6 is 0 Å². The first-order chi connectivity index (χ1) is 9.48. The van der Waals surface area contributed by atoms with E-state index in [0.717, 1.165) is 25.9 Å². The third-order valence-electron chi connectivity index (χ3n) is 4.07. The van der Waals surface area contributed by atoms with Crippen LogP contribution in [0.1, 0.15) is 37.0 Å². The topological polar surface area (TPSA) is 38.8 Å². The molecule has 1 fully saturated rings. The minimum atomic E-state index is -0.492. The summed E-state index contributed by atoms with van der Waals surface area (Å²) < 4.78 is 10.5. The van der Waals surface area contributed by atoms with Crippen LogP contribution in [0.4, 0.5) is 0 Å². The normalized spacial score (nSPS) is 16.2. The van der Waals surface area contributed by atoms with Crippen molar-refractivity contribution in [1.82, 2.24) is 4.90 Å². The minimum Gasteiger partial charge on any atom is -0.497 e. The Morgan fingerprint density at radius 3 is 2.00 bits per heavy atom. The Kier molecular flexibility index (Phi) is 4.33. The van der Waals surface area contributed by atoms with Crippen molar-refractivity contribution >= 4 is 5.78 Å². The van der Waals surface area contributed by atoms with Crippen LogP contribution in [0.3, 0.4) is 0 Å². The van der Waals surface area contributed by atoms with Crippen molar-refractivity contribution in [3.8, 4) is 11.5 Å². The molecular weight excluding hydrogens is 254 g/mol. The second-order valence-electron chi connectivity index (χ2n) is 5.68. The molecule has 0 unspecified atom stereocenters.